The zero-order valence-electron chi connectivity index (χ0n) is 10.5. The molecule has 106 valence electrons. The number of nitrogens with one attached hydrogen (secondary N) is 1. The molecule has 20 heavy (non-hydrogen) atoms. The van der Waals surface area contributed by atoms with E-state index in [0.717, 1.165) is 10.0 Å². The van der Waals surface area contributed by atoms with Crippen LogP contribution in [0.25, 0.3) is 0 Å². The zero-order valence-corrected chi connectivity index (χ0v) is 12.9. The monoisotopic (exact) mass is 356 g/mol. The number of anilines is 1. The van der Waals surface area contributed by atoms with Gasteiger partial charge in [-0.05, 0) is 35.9 Å². The summed E-state index contributed by atoms with van der Waals surface area (Å²) in [7, 11) is 0. The summed E-state index contributed by atoms with van der Waals surface area (Å²) in [6.45, 7) is 0.459. The molecule has 0 atom stereocenters. The molecule has 0 bridgehead atoms. The van der Waals surface area contributed by atoms with Crippen molar-refractivity contribution < 1.29 is 9.90 Å². The van der Waals surface area contributed by atoms with E-state index in [4.69, 9.17) is 5.73 Å². The lowest BCUT2D eigenvalue weighted by Crippen LogP contribution is -2.12. The largest absolute Gasteiger partial charge is 0.507 e. The molecule has 2 aromatic rings. The Morgan fingerprint density at radius 1 is 1.20 bits per heavy atom. The van der Waals surface area contributed by atoms with Gasteiger partial charge in [0.05, 0.1) is 5.56 Å². The van der Waals surface area contributed by atoms with Gasteiger partial charge in [0.15, 0.2) is 0 Å². The lowest BCUT2D eigenvalue weighted by atomic mass is 10.1. The first-order valence-corrected chi connectivity index (χ1v) is 6.48. The second-order valence-corrected chi connectivity index (χ2v) is 4.93. The summed E-state index contributed by atoms with van der Waals surface area (Å²) in [5, 5.41) is 12.4. The van der Waals surface area contributed by atoms with Crippen LogP contribution in [0.4, 0.5) is 5.69 Å². The Kier molecular flexibility index (Phi) is 6.01. The van der Waals surface area contributed by atoms with E-state index in [1.54, 1.807) is 24.3 Å². The Bertz CT molecular complexity index is 603. The minimum absolute atomic E-state index is 0. The van der Waals surface area contributed by atoms with E-state index in [9.17, 15) is 9.90 Å². The van der Waals surface area contributed by atoms with E-state index >= 15 is 0 Å². The van der Waals surface area contributed by atoms with Crippen LogP contribution in [0.3, 0.4) is 0 Å². The third-order valence-corrected chi connectivity index (χ3v) is 3.14. The standard InChI is InChI=1S/C14H13BrN2O2.ClH/c15-10-3-6-13(18)12(7-10)14(19)17-11-4-1-9(8-16)2-5-11;/h1-7,18H,8,16H2,(H,17,19);1H. The van der Waals surface area contributed by atoms with Gasteiger partial charge in [-0.15, -0.1) is 12.4 Å². The molecule has 2 aromatic carbocycles. The second-order valence-electron chi connectivity index (χ2n) is 4.02. The van der Waals surface area contributed by atoms with E-state index in [2.05, 4.69) is 21.2 Å². The number of hydrogen-bond acceptors (Lipinski definition) is 3. The highest BCUT2D eigenvalue weighted by Crippen LogP contribution is 2.23. The van der Waals surface area contributed by atoms with Gasteiger partial charge < -0.3 is 16.2 Å². The van der Waals surface area contributed by atoms with Crippen molar-refractivity contribution in [3.63, 3.8) is 0 Å². The van der Waals surface area contributed by atoms with E-state index in [-0.39, 0.29) is 29.6 Å². The van der Waals surface area contributed by atoms with Gasteiger partial charge in [-0.25, -0.2) is 0 Å². The maximum atomic E-state index is 12.0. The number of amides is 1. The molecule has 4 N–H and O–H groups in total. The van der Waals surface area contributed by atoms with E-state index in [1.165, 1.54) is 6.07 Å². The maximum absolute atomic E-state index is 12.0. The first-order valence-electron chi connectivity index (χ1n) is 5.69. The number of carbonyl (C=O) groups is 1. The molecule has 0 saturated carbocycles. The topological polar surface area (TPSA) is 75.3 Å². The molecule has 0 aromatic heterocycles. The van der Waals surface area contributed by atoms with E-state index in [1.807, 2.05) is 12.1 Å². The number of nitrogens with two attached hydrogens (primary N) is 1. The van der Waals surface area contributed by atoms with Gasteiger partial charge >= 0.3 is 0 Å². The molecule has 0 fully saturated rings. The summed E-state index contributed by atoms with van der Waals surface area (Å²) >= 11 is 3.26. The van der Waals surface area contributed by atoms with Gasteiger partial charge in [-0.3, -0.25) is 4.79 Å². The van der Waals surface area contributed by atoms with Crippen molar-refractivity contribution in [1.82, 2.24) is 0 Å². The molecule has 0 saturated heterocycles. The molecule has 1 amide bonds. The van der Waals surface area contributed by atoms with E-state index < -0.39 is 0 Å². The molecule has 0 aliphatic rings. The Hall–Kier alpha value is -1.56. The molecule has 2 rings (SSSR count). The Morgan fingerprint density at radius 2 is 1.85 bits per heavy atom. The normalized spacial score (nSPS) is 9.70. The van der Waals surface area contributed by atoms with Crippen LogP contribution in [0.5, 0.6) is 5.75 Å². The van der Waals surface area contributed by atoms with Crippen LogP contribution in [0, 0.1) is 0 Å². The van der Waals surface area contributed by atoms with Crippen molar-refractivity contribution in [3.05, 3.63) is 58.1 Å². The van der Waals surface area contributed by atoms with E-state index in [0.29, 0.717) is 12.2 Å². The highest BCUT2D eigenvalue weighted by atomic mass is 79.9. The summed E-state index contributed by atoms with van der Waals surface area (Å²) in [4.78, 5) is 12.0. The summed E-state index contributed by atoms with van der Waals surface area (Å²) in [6, 6.07) is 11.9. The Morgan fingerprint density at radius 3 is 2.45 bits per heavy atom. The Labute approximate surface area is 131 Å². The fourth-order valence-electron chi connectivity index (χ4n) is 1.61. The lowest BCUT2D eigenvalue weighted by Gasteiger charge is -2.08. The lowest BCUT2D eigenvalue weighted by molar-refractivity contribution is 0.102. The number of phenolic OH excluding ortho intramolecular Hbond substituents is 1. The molecule has 0 unspecified atom stereocenters. The van der Waals surface area contributed by atoms with Crippen molar-refractivity contribution in [2.75, 3.05) is 5.32 Å². The fourth-order valence-corrected chi connectivity index (χ4v) is 1.97. The fraction of sp³-hybridized carbons (Fsp3) is 0.0714. The van der Waals surface area contributed by atoms with Crippen LogP contribution in [0.2, 0.25) is 0 Å². The minimum atomic E-state index is -0.362. The SMILES string of the molecule is Cl.NCc1ccc(NC(=O)c2cc(Br)ccc2O)cc1. The average molecular weight is 358 g/mol. The van der Waals surface area contributed by atoms with Gasteiger partial charge in [0.25, 0.3) is 5.91 Å². The van der Waals surface area contributed by atoms with Crippen LogP contribution in [-0.2, 0) is 6.54 Å². The minimum Gasteiger partial charge on any atom is -0.507 e. The number of carbonyl (C=O) groups excluding carboxylic acids is 1. The third-order valence-electron chi connectivity index (χ3n) is 2.65. The number of halogens is 2. The van der Waals surface area contributed by atoms with Gasteiger partial charge in [-0.2, -0.15) is 0 Å². The molecule has 0 radical (unpaired) electrons. The van der Waals surface area contributed by atoms with Crippen LogP contribution in [0.1, 0.15) is 15.9 Å². The first-order chi connectivity index (χ1) is 9.10. The van der Waals surface area contributed by atoms with Crippen LogP contribution < -0.4 is 11.1 Å². The smallest absolute Gasteiger partial charge is 0.259 e. The van der Waals surface area contributed by atoms with Crippen LogP contribution in [0.15, 0.2) is 46.9 Å². The van der Waals surface area contributed by atoms with Crippen LogP contribution in [-0.4, -0.2) is 11.0 Å². The predicted molar refractivity (Wildman–Crippen MR) is 85.3 cm³/mol. The first kappa shape index (κ1) is 16.5. The number of phenols is 1. The molecule has 0 aliphatic heterocycles. The number of hydrogen-bond donors (Lipinski definition) is 3. The van der Waals surface area contributed by atoms with Crippen LogP contribution >= 0.6 is 28.3 Å². The third kappa shape index (κ3) is 3.96. The summed E-state index contributed by atoms with van der Waals surface area (Å²) in [5.74, 6) is -0.418. The number of rotatable bonds is 3. The second kappa shape index (κ2) is 7.28. The molecule has 0 spiro atoms. The zero-order chi connectivity index (χ0) is 13.8. The average Bonchev–Trinajstić information content (AvgIpc) is 2.42. The predicted octanol–water partition coefficient (Wildman–Crippen LogP) is 3.29. The quantitative estimate of drug-likeness (QED) is 0.789. The van der Waals surface area contributed by atoms with Crippen molar-refractivity contribution >= 4 is 39.9 Å². The van der Waals surface area contributed by atoms with Crippen molar-refractivity contribution in [2.24, 2.45) is 5.73 Å². The molecule has 6 heteroatoms. The number of aromatic hydroxyl groups is 1. The highest BCUT2D eigenvalue weighted by Gasteiger charge is 2.11. The molecule has 0 heterocycles. The molecule has 0 aliphatic carbocycles. The van der Waals surface area contributed by atoms with Crippen molar-refractivity contribution in [1.29, 1.82) is 0 Å². The van der Waals surface area contributed by atoms with Gasteiger partial charge in [0.1, 0.15) is 5.75 Å². The van der Waals surface area contributed by atoms with Crippen molar-refractivity contribution in [2.45, 2.75) is 6.54 Å². The number of benzene rings is 2. The van der Waals surface area contributed by atoms with Crippen molar-refractivity contribution in [3.8, 4) is 5.75 Å². The molecular formula is C14H14BrClN2O2. The van der Waals surface area contributed by atoms with Gasteiger partial charge in [0, 0.05) is 16.7 Å². The maximum Gasteiger partial charge on any atom is 0.259 e. The molecular weight excluding hydrogens is 344 g/mol. The highest BCUT2D eigenvalue weighted by molar-refractivity contribution is 9.10. The van der Waals surface area contributed by atoms with Gasteiger partial charge in [0.2, 0.25) is 0 Å². The summed E-state index contributed by atoms with van der Waals surface area (Å²) < 4.78 is 0.730. The summed E-state index contributed by atoms with van der Waals surface area (Å²) in [5.41, 5.74) is 7.37. The molecule has 4 nitrogen and oxygen atoms in total. The summed E-state index contributed by atoms with van der Waals surface area (Å²) in [6.07, 6.45) is 0. The Balaban J connectivity index is 0.00000200. The van der Waals surface area contributed by atoms with Gasteiger partial charge in [-0.1, -0.05) is 28.1 Å².